The highest BCUT2D eigenvalue weighted by Crippen LogP contribution is 2.33. The molecule has 144 valence electrons. The van der Waals surface area contributed by atoms with Gasteiger partial charge in [-0.2, -0.15) is 0 Å². The van der Waals surface area contributed by atoms with Gasteiger partial charge in [-0.15, -0.1) is 0 Å². The van der Waals surface area contributed by atoms with Gasteiger partial charge in [-0.3, -0.25) is 9.59 Å². The van der Waals surface area contributed by atoms with E-state index in [1.165, 1.54) is 11.1 Å². The van der Waals surface area contributed by atoms with Crippen molar-refractivity contribution in [2.75, 3.05) is 26.5 Å². The number of hydrogen-bond acceptors (Lipinski definition) is 4. The second kappa shape index (κ2) is 8.04. The molecule has 3 aromatic rings. The normalized spacial score (nSPS) is 10.6. The Kier molecular flexibility index (Phi) is 5.72. The Hall–Kier alpha value is -2.83. The molecule has 0 atom stereocenters. The molecule has 0 aliphatic heterocycles. The largest absolute Gasteiger partial charge is 0.355 e. The van der Waals surface area contributed by atoms with Crippen molar-refractivity contribution in [3.05, 3.63) is 63.8 Å². The molecule has 1 aromatic heterocycles. The Bertz CT molecular complexity index is 1080. The van der Waals surface area contributed by atoms with E-state index in [9.17, 15) is 9.59 Å². The molecule has 0 saturated heterocycles. The number of fused-ring (bicyclic) bond motifs is 1. The molecule has 0 unspecified atom stereocenters. The third-order valence-corrected chi connectivity index (χ3v) is 4.83. The van der Waals surface area contributed by atoms with Crippen molar-refractivity contribution in [2.45, 2.75) is 0 Å². The van der Waals surface area contributed by atoms with Gasteiger partial charge in [0, 0.05) is 48.8 Å². The molecule has 2 N–H and O–H groups in total. The van der Waals surface area contributed by atoms with Gasteiger partial charge < -0.3 is 15.5 Å². The first-order chi connectivity index (χ1) is 13.3. The Morgan fingerprint density at radius 2 is 1.79 bits per heavy atom. The third-order valence-electron chi connectivity index (χ3n) is 4.20. The first kappa shape index (κ1) is 19.9. The summed E-state index contributed by atoms with van der Waals surface area (Å²) < 4.78 is 0. The van der Waals surface area contributed by atoms with Crippen LogP contribution in [0.5, 0.6) is 0 Å². The number of amides is 2. The molecule has 0 aliphatic rings. The predicted molar refractivity (Wildman–Crippen MR) is 113 cm³/mol. The van der Waals surface area contributed by atoms with E-state index in [1.807, 2.05) is 6.07 Å². The smallest absolute Gasteiger partial charge is 0.255 e. The van der Waals surface area contributed by atoms with E-state index in [0.29, 0.717) is 43.4 Å². The van der Waals surface area contributed by atoms with Crippen LogP contribution >= 0.6 is 23.2 Å². The number of nitrogens with one attached hydrogen (secondary N) is 2. The first-order valence-electron chi connectivity index (χ1n) is 8.41. The zero-order valence-corrected chi connectivity index (χ0v) is 17.0. The Morgan fingerprint density at radius 1 is 1.04 bits per heavy atom. The van der Waals surface area contributed by atoms with Gasteiger partial charge >= 0.3 is 0 Å². The van der Waals surface area contributed by atoms with E-state index in [-0.39, 0.29) is 11.8 Å². The summed E-state index contributed by atoms with van der Waals surface area (Å²) >= 11 is 12.6. The van der Waals surface area contributed by atoms with Crippen LogP contribution in [-0.2, 0) is 0 Å². The minimum Gasteiger partial charge on any atom is -0.355 e. The van der Waals surface area contributed by atoms with Crippen LogP contribution in [0.3, 0.4) is 0 Å². The summed E-state index contributed by atoms with van der Waals surface area (Å²) in [6, 6.07) is 10.4. The van der Waals surface area contributed by atoms with Gasteiger partial charge in [0.1, 0.15) is 5.82 Å². The van der Waals surface area contributed by atoms with E-state index in [4.69, 9.17) is 23.2 Å². The molecule has 0 fully saturated rings. The van der Waals surface area contributed by atoms with Gasteiger partial charge in [0.25, 0.3) is 11.8 Å². The van der Waals surface area contributed by atoms with Crippen LogP contribution < -0.4 is 10.6 Å². The average molecular weight is 417 g/mol. The molecule has 0 saturated carbocycles. The van der Waals surface area contributed by atoms with E-state index in [2.05, 4.69) is 15.6 Å². The highest BCUT2D eigenvalue weighted by atomic mass is 35.5. The third kappa shape index (κ3) is 3.74. The van der Waals surface area contributed by atoms with Crippen LogP contribution in [0.2, 0.25) is 10.0 Å². The standard InChI is InChI=1S/C20H18Cl2N4O2/c1-23-19(27)12-8-7-11(9-16(12)22)25-18-13-5-4-6-15(21)17(13)14(10-24-18)20(28)26(2)3/h4-10H,1-3H3,(H,23,27)(H,24,25). The zero-order chi connectivity index (χ0) is 20.4. The monoisotopic (exact) mass is 416 g/mol. The fourth-order valence-corrected chi connectivity index (χ4v) is 3.35. The van der Waals surface area contributed by atoms with Gasteiger partial charge in [-0.25, -0.2) is 4.98 Å². The summed E-state index contributed by atoms with van der Waals surface area (Å²) in [4.78, 5) is 30.2. The minimum atomic E-state index is -0.265. The maximum absolute atomic E-state index is 12.5. The van der Waals surface area contributed by atoms with Crippen LogP contribution in [-0.4, -0.2) is 42.8 Å². The van der Waals surface area contributed by atoms with Crippen molar-refractivity contribution < 1.29 is 9.59 Å². The van der Waals surface area contributed by atoms with Gasteiger partial charge in [0.2, 0.25) is 0 Å². The van der Waals surface area contributed by atoms with Crippen molar-refractivity contribution in [1.82, 2.24) is 15.2 Å². The number of halogens is 2. The predicted octanol–water partition coefficient (Wildman–Crippen LogP) is 4.35. The molecule has 0 radical (unpaired) electrons. The summed E-state index contributed by atoms with van der Waals surface area (Å²) in [5, 5.41) is 7.81. The molecule has 0 spiro atoms. The number of benzene rings is 2. The SMILES string of the molecule is CNC(=O)c1ccc(Nc2ncc(C(=O)N(C)C)c3c(Cl)cccc23)cc1Cl. The fourth-order valence-electron chi connectivity index (χ4n) is 2.81. The minimum absolute atomic E-state index is 0.185. The lowest BCUT2D eigenvalue weighted by Crippen LogP contribution is -2.22. The van der Waals surface area contributed by atoms with E-state index in [0.717, 1.165) is 0 Å². The van der Waals surface area contributed by atoms with Crippen LogP contribution in [0.4, 0.5) is 11.5 Å². The lowest BCUT2D eigenvalue weighted by molar-refractivity contribution is 0.0828. The molecule has 3 rings (SSSR count). The van der Waals surface area contributed by atoms with Gasteiger partial charge in [0.05, 0.1) is 16.1 Å². The molecule has 8 heteroatoms. The molecule has 1 heterocycles. The molecular weight excluding hydrogens is 399 g/mol. The van der Waals surface area contributed by atoms with Gasteiger partial charge in [-0.1, -0.05) is 35.3 Å². The summed E-state index contributed by atoms with van der Waals surface area (Å²) in [5.41, 5.74) is 1.45. The number of carbonyl (C=O) groups excluding carboxylic acids is 2. The highest BCUT2D eigenvalue weighted by molar-refractivity contribution is 6.37. The fraction of sp³-hybridized carbons (Fsp3) is 0.150. The Morgan fingerprint density at radius 3 is 2.43 bits per heavy atom. The molecule has 0 aliphatic carbocycles. The molecule has 2 aromatic carbocycles. The van der Waals surface area contributed by atoms with E-state index >= 15 is 0 Å². The summed E-state index contributed by atoms with van der Waals surface area (Å²) in [5.74, 6) is 0.0742. The maximum Gasteiger partial charge on any atom is 0.255 e. The molecular formula is C20H18Cl2N4O2. The van der Waals surface area contributed by atoms with Crippen LogP contribution in [0.25, 0.3) is 10.8 Å². The number of rotatable bonds is 4. The first-order valence-corrected chi connectivity index (χ1v) is 9.16. The van der Waals surface area contributed by atoms with Crippen LogP contribution in [0, 0.1) is 0 Å². The molecule has 0 bridgehead atoms. The van der Waals surface area contributed by atoms with Crippen LogP contribution in [0.15, 0.2) is 42.6 Å². The van der Waals surface area contributed by atoms with Crippen LogP contribution in [0.1, 0.15) is 20.7 Å². The Balaban J connectivity index is 2.07. The number of anilines is 2. The van der Waals surface area contributed by atoms with Crippen molar-refractivity contribution >= 4 is 57.3 Å². The lowest BCUT2D eigenvalue weighted by atomic mass is 10.1. The van der Waals surface area contributed by atoms with Gasteiger partial charge in [0.15, 0.2) is 0 Å². The number of hydrogen-bond donors (Lipinski definition) is 2. The van der Waals surface area contributed by atoms with E-state index < -0.39 is 0 Å². The molecule has 28 heavy (non-hydrogen) atoms. The average Bonchev–Trinajstić information content (AvgIpc) is 2.67. The molecule has 2 amide bonds. The second-order valence-corrected chi connectivity index (χ2v) is 7.10. The number of pyridine rings is 1. The number of aromatic nitrogens is 1. The van der Waals surface area contributed by atoms with Crippen molar-refractivity contribution in [1.29, 1.82) is 0 Å². The number of nitrogens with zero attached hydrogens (tertiary/aromatic N) is 2. The zero-order valence-electron chi connectivity index (χ0n) is 15.5. The summed E-state index contributed by atoms with van der Waals surface area (Å²) in [7, 11) is 4.89. The maximum atomic E-state index is 12.5. The summed E-state index contributed by atoms with van der Waals surface area (Å²) in [6.45, 7) is 0. The van der Waals surface area contributed by atoms with Crippen molar-refractivity contribution in [2.24, 2.45) is 0 Å². The van der Waals surface area contributed by atoms with Crippen molar-refractivity contribution in [3.63, 3.8) is 0 Å². The Labute approximate surface area is 172 Å². The second-order valence-electron chi connectivity index (χ2n) is 6.28. The number of carbonyl (C=O) groups is 2. The van der Waals surface area contributed by atoms with E-state index in [1.54, 1.807) is 51.5 Å². The topological polar surface area (TPSA) is 74.3 Å². The van der Waals surface area contributed by atoms with Crippen molar-refractivity contribution in [3.8, 4) is 0 Å². The highest BCUT2D eigenvalue weighted by Gasteiger charge is 2.18. The molecule has 6 nitrogen and oxygen atoms in total. The van der Waals surface area contributed by atoms with Gasteiger partial charge in [-0.05, 0) is 24.3 Å². The lowest BCUT2D eigenvalue weighted by Gasteiger charge is -2.16. The quantitative estimate of drug-likeness (QED) is 0.662. The summed E-state index contributed by atoms with van der Waals surface area (Å²) in [6.07, 6.45) is 1.50.